The number of hydrogen-bond donors (Lipinski definition) is 4. The lowest BCUT2D eigenvalue weighted by Gasteiger charge is -2.13. The van der Waals surface area contributed by atoms with Gasteiger partial charge in [0.25, 0.3) is 10.2 Å². The van der Waals surface area contributed by atoms with E-state index in [1.165, 1.54) is 44.9 Å². The van der Waals surface area contributed by atoms with Gasteiger partial charge in [0.05, 0.1) is 11.2 Å². The Kier molecular flexibility index (Phi) is 16.1. The first kappa shape index (κ1) is 32.0. The summed E-state index contributed by atoms with van der Waals surface area (Å²) in [6.45, 7) is 5.08. The highest BCUT2D eigenvalue weighted by atomic mass is 32.1. The van der Waals surface area contributed by atoms with Gasteiger partial charge in [-0.05, 0) is 25.5 Å². The van der Waals surface area contributed by atoms with Crippen LogP contribution < -0.4 is 10.6 Å². The summed E-state index contributed by atoms with van der Waals surface area (Å²) in [4.78, 5) is 30.5. The number of rotatable bonds is 11. The van der Waals surface area contributed by atoms with Crippen LogP contribution in [0.4, 0.5) is 10.8 Å². The number of aromatic nitrogens is 2. The smallest absolute Gasteiger partial charge is 0.291 e. The molecule has 0 unspecified atom stereocenters. The summed E-state index contributed by atoms with van der Waals surface area (Å²) in [7, 11) is 0. The molecule has 0 atom stereocenters. The lowest BCUT2D eigenvalue weighted by atomic mass is 10.1. The van der Waals surface area contributed by atoms with Gasteiger partial charge in [0.1, 0.15) is 0 Å². The first-order chi connectivity index (χ1) is 18.2. The SMILES string of the molecule is CCCCCCCCCCN=C(Nc1nccs1)Nc1cc(C)nc2ccccc12.O=[N+]([O-])O.O=[N+]([O-])O. The molecule has 0 aliphatic heterocycles. The molecule has 4 N–H and O–H groups in total. The van der Waals surface area contributed by atoms with Crippen molar-refractivity contribution < 1.29 is 20.6 Å². The van der Waals surface area contributed by atoms with E-state index in [1.807, 2.05) is 30.5 Å². The molecule has 0 aliphatic rings. The number of thiazole rings is 1. The predicted octanol–water partition coefficient (Wildman–Crippen LogP) is 6.33. The number of pyridine rings is 1. The van der Waals surface area contributed by atoms with Gasteiger partial charge >= 0.3 is 0 Å². The average molecular weight is 550 g/mol. The van der Waals surface area contributed by atoms with Gasteiger partial charge in [0, 0.05) is 29.2 Å². The number of para-hydroxylation sites is 1. The fourth-order valence-electron chi connectivity index (χ4n) is 3.47. The minimum absolute atomic E-state index is 0.739. The maximum Gasteiger partial charge on any atom is 0.291 e. The molecule has 38 heavy (non-hydrogen) atoms. The normalized spacial score (nSPS) is 10.5. The van der Waals surface area contributed by atoms with E-state index in [0.29, 0.717) is 0 Å². The van der Waals surface area contributed by atoms with Crippen LogP contribution in [0.3, 0.4) is 0 Å². The van der Waals surface area contributed by atoms with E-state index >= 15 is 0 Å². The van der Waals surface area contributed by atoms with E-state index in [0.717, 1.165) is 46.3 Å². The number of nitrogens with one attached hydrogen (secondary N) is 2. The van der Waals surface area contributed by atoms with Crippen LogP contribution in [-0.4, -0.2) is 43.1 Å². The third kappa shape index (κ3) is 15.1. The zero-order chi connectivity index (χ0) is 28.2. The lowest BCUT2D eigenvalue weighted by Crippen LogP contribution is -2.23. The molecule has 3 rings (SSSR count). The Morgan fingerprint density at radius 1 is 1.00 bits per heavy atom. The summed E-state index contributed by atoms with van der Waals surface area (Å²) in [6, 6.07) is 10.3. The Labute approximate surface area is 224 Å². The monoisotopic (exact) mass is 549 g/mol. The molecule has 0 radical (unpaired) electrons. The third-order valence-corrected chi connectivity index (χ3v) is 5.73. The molecule has 0 saturated carbocycles. The van der Waals surface area contributed by atoms with Crippen LogP contribution >= 0.6 is 11.3 Å². The molecule has 0 aliphatic carbocycles. The number of anilines is 2. The maximum absolute atomic E-state index is 8.36. The second kappa shape index (κ2) is 19.1. The highest BCUT2D eigenvalue weighted by molar-refractivity contribution is 7.13. The van der Waals surface area contributed by atoms with E-state index in [1.54, 1.807) is 17.5 Å². The Morgan fingerprint density at radius 3 is 2.21 bits per heavy atom. The summed E-state index contributed by atoms with van der Waals surface area (Å²) in [5.41, 5.74) is 2.97. The van der Waals surface area contributed by atoms with E-state index in [-0.39, 0.29) is 0 Å². The first-order valence-electron chi connectivity index (χ1n) is 12.2. The number of aryl methyl sites for hydroxylation is 1. The van der Waals surface area contributed by atoms with Crippen molar-refractivity contribution in [2.45, 2.75) is 65.2 Å². The van der Waals surface area contributed by atoms with Gasteiger partial charge in [-0.1, -0.05) is 70.1 Å². The van der Waals surface area contributed by atoms with Gasteiger partial charge in [-0.15, -0.1) is 31.6 Å². The molecule has 2 aromatic heterocycles. The van der Waals surface area contributed by atoms with Crippen molar-refractivity contribution >= 4 is 39.0 Å². The Balaban J connectivity index is 0.000000794. The summed E-state index contributed by atoms with van der Waals surface area (Å²) < 4.78 is 0. The Hall–Kier alpha value is -4.07. The van der Waals surface area contributed by atoms with Crippen LogP contribution in [0.25, 0.3) is 10.9 Å². The minimum atomic E-state index is -1.50. The summed E-state index contributed by atoms with van der Waals surface area (Å²) >= 11 is 1.57. The van der Waals surface area contributed by atoms with Crippen LogP contribution in [0.1, 0.15) is 64.0 Å². The lowest BCUT2D eigenvalue weighted by molar-refractivity contribution is -0.742. The summed E-state index contributed by atoms with van der Waals surface area (Å²) in [5.74, 6) is 0.739. The minimum Gasteiger partial charge on any atom is -0.328 e. The molecule has 0 fully saturated rings. The molecule has 13 nitrogen and oxygen atoms in total. The molecular weight excluding hydrogens is 514 g/mol. The molecule has 208 valence electrons. The van der Waals surface area contributed by atoms with Gasteiger partial charge < -0.3 is 21.0 Å². The highest BCUT2D eigenvalue weighted by Gasteiger charge is 2.08. The second-order valence-electron chi connectivity index (χ2n) is 8.10. The van der Waals surface area contributed by atoms with Crippen LogP contribution in [0, 0.1) is 27.2 Å². The number of aliphatic imine (C=N–C) groups is 1. The molecule has 0 spiro atoms. The van der Waals surface area contributed by atoms with E-state index in [2.05, 4.69) is 39.7 Å². The van der Waals surface area contributed by atoms with Crippen LogP contribution in [0.15, 0.2) is 46.9 Å². The molecular formula is C24H35N7O6S. The van der Waals surface area contributed by atoms with Crippen molar-refractivity contribution in [2.75, 3.05) is 17.2 Å². The number of fused-ring (bicyclic) bond motifs is 1. The molecule has 1 aromatic carbocycles. The van der Waals surface area contributed by atoms with E-state index in [4.69, 9.17) is 35.6 Å². The van der Waals surface area contributed by atoms with Gasteiger partial charge in [0.15, 0.2) is 5.13 Å². The quantitative estimate of drug-likeness (QED) is 0.0691. The Morgan fingerprint density at radius 2 is 1.61 bits per heavy atom. The van der Waals surface area contributed by atoms with Crippen LogP contribution in [-0.2, 0) is 0 Å². The van der Waals surface area contributed by atoms with E-state index < -0.39 is 10.2 Å². The average Bonchev–Trinajstić information content (AvgIpc) is 3.35. The highest BCUT2D eigenvalue weighted by Crippen LogP contribution is 2.23. The standard InChI is InChI=1S/C24H33N5S.2HNO3/c1-3-4-5-6-7-8-9-12-15-25-23(29-24-26-16-17-30-24)28-22-18-19(2)27-21-14-11-10-13-20(21)22;2*2-1(3)4/h10-11,13-14,16-18H,3-9,12,15H2,1-2H3,(H2,25,26,27,28,29);2*(H,2,3,4). The van der Waals surface area contributed by atoms with Crippen molar-refractivity contribution in [1.29, 1.82) is 0 Å². The molecule has 14 heteroatoms. The second-order valence-corrected chi connectivity index (χ2v) is 8.99. The predicted molar refractivity (Wildman–Crippen MR) is 148 cm³/mol. The van der Waals surface area contributed by atoms with Gasteiger partial charge in [-0.3, -0.25) is 9.98 Å². The van der Waals surface area contributed by atoms with Crippen molar-refractivity contribution in [3.63, 3.8) is 0 Å². The van der Waals surface area contributed by atoms with Gasteiger partial charge in [0.2, 0.25) is 5.96 Å². The zero-order valence-electron chi connectivity index (χ0n) is 21.6. The number of hydrogen-bond acceptors (Lipinski definition) is 8. The van der Waals surface area contributed by atoms with Crippen molar-refractivity contribution in [3.05, 3.63) is 67.8 Å². The summed E-state index contributed by atoms with van der Waals surface area (Å²) in [6.07, 6.45) is 12.2. The first-order valence-corrected chi connectivity index (χ1v) is 13.1. The zero-order valence-corrected chi connectivity index (χ0v) is 22.4. The van der Waals surface area contributed by atoms with Crippen LogP contribution in [0.2, 0.25) is 0 Å². The molecule has 0 amide bonds. The van der Waals surface area contributed by atoms with Crippen molar-refractivity contribution in [1.82, 2.24) is 9.97 Å². The largest absolute Gasteiger partial charge is 0.328 e. The maximum atomic E-state index is 8.36. The number of unbranched alkanes of at least 4 members (excludes halogenated alkanes) is 7. The third-order valence-electron chi connectivity index (χ3n) is 5.04. The van der Waals surface area contributed by atoms with Gasteiger partial charge in [-0.2, -0.15) is 0 Å². The van der Waals surface area contributed by atoms with Gasteiger partial charge in [-0.25, -0.2) is 4.98 Å². The fourth-order valence-corrected chi connectivity index (χ4v) is 4.00. The van der Waals surface area contributed by atoms with Crippen LogP contribution in [0.5, 0.6) is 0 Å². The molecule has 0 bridgehead atoms. The van der Waals surface area contributed by atoms with E-state index in [9.17, 15) is 0 Å². The summed E-state index contributed by atoms with van der Waals surface area (Å²) in [5, 5.41) is 38.0. The van der Waals surface area contributed by atoms with Crippen molar-refractivity contribution in [3.8, 4) is 0 Å². The fraction of sp³-hybridized carbons (Fsp3) is 0.458. The molecule has 0 saturated heterocycles. The topological polar surface area (TPSA) is 189 Å². The number of benzene rings is 1. The number of nitrogens with zero attached hydrogens (tertiary/aromatic N) is 5. The molecule has 3 aromatic rings. The number of guanidine groups is 1. The Bertz CT molecular complexity index is 1110. The molecule has 2 heterocycles. The van der Waals surface area contributed by atoms with Crippen molar-refractivity contribution in [2.24, 2.45) is 4.99 Å².